The standard InChI is InChI=1S/C24H40NO9P/c1-2-3-4-5-6-7-10-16-31-22-13-9-8-12-20(22)14-15-23(26)32-17-11-18-33-35(29,30)34-19-21(25)24(27)28/h8-9,12-13,21H,2-7,10-11,14-19,25H2,1H3,(H,27,28)(H,29,30)/t21-/m0/s1. The molecule has 0 radical (unpaired) electrons. The number of carbonyl (C=O) groups is 2. The normalized spacial score (nSPS) is 13.7. The molecule has 0 aliphatic rings. The highest BCUT2D eigenvalue weighted by molar-refractivity contribution is 7.47. The van der Waals surface area contributed by atoms with Crippen LogP contribution in [0.15, 0.2) is 24.3 Å². The van der Waals surface area contributed by atoms with Crippen molar-refractivity contribution in [3.8, 4) is 5.75 Å². The van der Waals surface area contributed by atoms with E-state index in [1.165, 1.54) is 32.1 Å². The van der Waals surface area contributed by atoms with Crippen molar-refractivity contribution in [1.29, 1.82) is 0 Å². The molecule has 0 fully saturated rings. The highest BCUT2D eigenvalue weighted by atomic mass is 31.2. The summed E-state index contributed by atoms with van der Waals surface area (Å²) in [7, 11) is -4.43. The Labute approximate surface area is 207 Å². The Balaban J connectivity index is 2.21. The second-order valence-electron chi connectivity index (χ2n) is 8.19. The number of esters is 1. The van der Waals surface area contributed by atoms with E-state index in [1.807, 2.05) is 24.3 Å². The summed E-state index contributed by atoms with van der Waals surface area (Å²) in [6, 6.07) is 6.20. The molecule has 0 heterocycles. The average Bonchev–Trinajstić information content (AvgIpc) is 2.83. The van der Waals surface area contributed by atoms with E-state index in [0.717, 1.165) is 24.2 Å². The van der Waals surface area contributed by atoms with Gasteiger partial charge in [0.1, 0.15) is 11.8 Å². The molecule has 0 spiro atoms. The highest BCUT2D eigenvalue weighted by Gasteiger charge is 2.24. The van der Waals surface area contributed by atoms with E-state index in [9.17, 15) is 19.0 Å². The summed E-state index contributed by atoms with van der Waals surface area (Å²) in [6.07, 6.45) is 9.31. The molecule has 0 bridgehead atoms. The van der Waals surface area contributed by atoms with Crippen LogP contribution in [0.2, 0.25) is 0 Å². The number of aliphatic carboxylic acids is 1. The lowest BCUT2D eigenvalue weighted by Crippen LogP contribution is -2.34. The molecule has 1 aromatic rings. The predicted molar refractivity (Wildman–Crippen MR) is 131 cm³/mol. The number of phosphoric acid groups is 1. The SMILES string of the molecule is CCCCCCCCCOc1ccccc1CCC(=O)OCCCOP(=O)(O)OC[C@H](N)C(=O)O. The van der Waals surface area contributed by atoms with Crippen molar-refractivity contribution < 1.29 is 42.7 Å². The first kappa shape index (κ1) is 31.1. The molecule has 0 saturated carbocycles. The maximum atomic E-state index is 12.0. The van der Waals surface area contributed by atoms with Gasteiger partial charge in [0.25, 0.3) is 0 Å². The molecule has 1 aromatic carbocycles. The quantitative estimate of drug-likeness (QED) is 0.123. The van der Waals surface area contributed by atoms with Crippen LogP contribution < -0.4 is 10.5 Å². The number of nitrogens with two attached hydrogens (primary N) is 1. The lowest BCUT2D eigenvalue weighted by molar-refractivity contribution is -0.143. The summed E-state index contributed by atoms with van der Waals surface area (Å²) in [5.74, 6) is -0.983. The van der Waals surface area contributed by atoms with Crippen LogP contribution in [0.25, 0.3) is 0 Å². The van der Waals surface area contributed by atoms with Crippen LogP contribution in [0, 0.1) is 0 Å². The summed E-state index contributed by atoms with van der Waals surface area (Å²) < 4.78 is 31.9. The molecule has 0 aliphatic heterocycles. The molecule has 0 aromatic heterocycles. The number of carboxylic acids is 1. The van der Waals surface area contributed by atoms with Gasteiger partial charge in [-0.3, -0.25) is 18.6 Å². The van der Waals surface area contributed by atoms with Crippen molar-refractivity contribution >= 4 is 19.8 Å². The Bertz CT molecular complexity index is 790. The minimum Gasteiger partial charge on any atom is -0.493 e. The Hall–Kier alpha value is -1.97. The number of rotatable bonds is 21. The van der Waals surface area contributed by atoms with Crippen LogP contribution >= 0.6 is 7.82 Å². The minimum atomic E-state index is -4.43. The van der Waals surface area contributed by atoms with Crippen LogP contribution in [0.5, 0.6) is 5.75 Å². The number of carboxylic acid groups (broad SMARTS) is 1. The third-order valence-corrected chi connectivity index (χ3v) is 6.10. The maximum Gasteiger partial charge on any atom is 0.472 e. The van der Waals surface area contributed by atoms with E-state index in [-0.39, 0.29) is 26.1 Å². The van der Waals surface area contributed by atoms with Gasteiger partial charge < -0.3 is 25.2 Å². The summed E-state index contributed by atoms with van der Waals surface area (Å²) in [4.78, 5) is 32.1. The molecule has 4 N–H and O–H groups in total. The fraction of sp³-hybridized carbons (Fsp3) is 0.667. The van der Waals surface area contributed by atoms with Crippen molar-refractivity contribution in [2.75, 3.05) is 26.4 Å². The van der Waals surface area contributed by atoms with Gasteiger partial charge in [-0.1, -0.05) is 63.6 Å². The van der Waals surface area contributed by atoms with E-state index in [0.29, 0.717) is 13.0 Å². The van der Waals surface area contributed by atoms with Gasteiger partial charge in [0.05, 0.1) is 26.4 Å². The van der Waals surface area contributed by atoms with Crippen molar-refractivity contribution in [3.05, 3.63) is 29.8 Å². The summed E-state index contributed by atoms with van der Waals surface area (Å²) >= 11 is 0. The molecule has 0 aliphatic carbocycles. The molecule has 2 atom stereocenters. The topological polar surface area (TPSA) is 155 Å². The number of phosphoric ester groups is 1. The van der Waals surface area contributed by atoms with Gasteiger partial charge >= 0.3 is 19.8 Å². The molecule has 35 heavy (non-hydrogen) atoms. The number of hydrogen-bond donors (Lipinski definition) is 3. The number of hydrogen-bond acceptors (Lipinski definition) is 8. The average molecular weight is 518 g/mol. The largest absolute Gasteiger partial charge is 0.493 e. The third-order valence-electron chi connectivity index (χ3n) is 5.12. The Morgan fingerprint density at radius 2 is 1.66 bits per heavy atom. The van der Waals surface area contributed by atoms with Crippen molar-refractivity contribution in [3.63, 3.8) is 0 Å². The Kier molecular flexibility index (Phi) is 16.3. The monoisotopic (exact) mass is 517 g/mol. The van der Waals surface area contributed by atoms with Gasteiger partial charge in [-0.25, -0.2) is 4.57 Å². The van der Waals surface area contributed by atoms with Crippen LogP contribution in [0.1, 0.15) is 70.3 Å². The fourth-order valence-corrected chi connectivity index (χ4v) is 3.89. The Morgan fingerprint density at radius 3 is 2.37 bits per heavy atom. The van der Waals surface area contributed by atoms with E-state index >= 15 is 0 Å². The lowest BCUT2D eigenvalue weighted by atomic mass is 10.1. The van der Waals surface area contributed by atoms with Crippen LogP contribution in [-0.4, -0.2) is 54.4 Å². The van der Waals surface area contributed by atoms with Crippen LogP contribution in [0.3, 0.4) is 0 Å². The molecule has 10 nitrogen and oxygen atoms in total. The minimum absolute atomic E-state index is 0.00385. The molecule has 1 rings (SSSR count). The van der Waals surface area contributed by atoms with Crippen molar-refractivity contribution in [1.82, 2.24) is 0 Å². The number of aryl methyl sites for hydroxylation is 1. The molecular formula is C24H40NO9P. The number of benzene rings is 1. The number of unbranched alkanes of at least 4 members (excludes halogenated alkanes) is 6. The van der Waals surface area contributed by atoms with E-state index < -0.39 is 32.4 Å². The van der Waals surface area contributed by atoms with Crippen LogP contribution in [-0.2, 0) is 34.4 Å². The van der Waals surface area contributed by atoms with E-state index in [4.69, 9.17) is 24.8 Å². The summed E-state index contributed by atoms with van der Waals surface area (Å²) in [5.41, 5.74) is 6.13. The molecule has 1 unspecified atom stereocenters. The number of ether oxygens (including phenoxy) is 2. The van der Waals surface area contributed by atoms with E-state index in [2.05, 4.69) is 11.4 Å². The van der Waals surface area contributed by atoms with Gasteiger partial charge in [0, 0.05) is 12.8 Å². The first-order chi connectivity index (χ1) is 16.7. The first-order valence-electron chi connectivity index (χ1n) is 12.2. The Morgan fingerprint density at radius 1 is 0.971 bits per heavy atom. The zero-order valence-electron chi connectivity index (χ0n) is 20.6. The first-order valence-corrected chi connectivity index (χ1v) is 13.7. The van der Waals surface area contributed by atoms with Gasteiger partial charge in [0.15, 0.2) is 0 Å². The second kappa shape index (κ2) is 18.3. The van der Waals surface area contributed by atoms with Gasteiger partial charge in [-0.15, -0.1) is 0 Å². The smallest absolute Gasteiger partial charge is 0.472 e. The van der Waals surface area contributed by atoms with Gasteiger partial charge in [-0.2, -0.15) is 0 Å². The second-order valence-corrected chi connectivity index (χ2v) is 9.65. The molecule has 0 saturated heterocycles. The maximum absolute atomic E-state index is 12.0. The van der Waals surface area contributed by atoms with Crippen LogP contribution in [0.4, 0.5) is 0 Å². The molecule has 0 amide bonds. The van der Waals surface area contributed by atoms with Crippen molar-refractivity contribution in [2.45, 2.75) is 77.2 Å². The van der Waals surface area contributed by atoms with Gasteiger partial charge in [0.2, 0.25) is 0 Å². The van der Waals surface area contributed by atoms with Crippen molar-refractivity contribution in [2.24, 2.45) is 5.73 Å². The molecular weight excluding hydrogens is 477 g/mol. The van der Waals surface area contributed by atoms with E-state index in [1.54, 1.807) is 0 Å². The third kappa shape index (κ3) is 15.6. The zero-order valence-corrected chi connectivity index (χ0v) is 21.5. The highest BCUT2D eigenvalue weighted by Crippen LogP contribution is 2.43. The fourth-order valence-electron chi connectivity index (χ4n) is 3.11. The lowest BCUT2D eigenvalue weighted by Gasteiger charge is -2.14. The number of carbonyl (C=O) groups excluding carboxylic acids is 1. The van der Waals surface area contributed by atoms with Gasteiger partial charge in [-0.05, 0) is 24.5 Å². The summed E-state index contributed by atoms with van der Waals surface area (Å²) in [5, 5.41) is 8.62. The summed E-state index contributed by atoms with van der Waals surface area (Å²) in [6.45, 7) is 1.99. The predicted octanol–water partition coefficient (Wildman–Crippen LogP) is 4.23. The molecule has 11 heteroatoms. The number of para-hydroxylation sites is 1. The molecule has 200 valence electrons. The zero-order chi connectivity index (χ0) is 25.9.